The molecule has 44 heavy (non-hydrogen) atoms. The molecule has 0 spiro atoms. The third-order valence-corrected chi connectivity index (χ3v) is 6.90. The lowest BCUT2D eigenvalue weighted by atomic mass is 10.0. The second kappa shape index (κ2) is 18.2. The van der Waals surface area contributed by atoms with Gasteiger partial charge in [0.25, 0.3) is 0 Å². The number of amides is 7. The summed E-state index contributed by atoms with van der Waals surface area (Å²) >= 11 is 0. The van der Waals surface area contributed by atoms with Crippen LogP contribution in [-0.2, 0) is 33.6 Å². The summed E-state index contributed by atoms with van der Waals surface area (Å²) in [5.41, 5.74) is 1.90. The van der Waals surface area contributed by atoms with Crippen LogP contribution in [0.5, 0.6) is 0 Å². The van der Waals surface area contributed by atoms with E-state index in [-0.39, 0.29) is 25.8 Å². The Morgan fingerprint density at radius 2 is 1.61 bits per heavy atom. The summed E-state index contributed by atoms with van der Waals surface area (Å²) in [6.45, 7) is 4.83. The Bertz CT molecular complexity index is 1180. The first-order valence-corrected chi connectivity index (χ1v) is 14.7. The van der Waals surface area contributed by atoms with E-state index in [1.165, 1.54) is 5.48 Å². The summed E-state index contributed by atoms with van der Waals surface area (Å²) in [7, 11) is 0. The van der Waals surface area contributed by atoms with Crippen molar-refractivity contribution in [3.8, 4) is 0 Å². The number of benzene rings is 1. The van der Waals surface area contributed by atoms with Crippen molar-refractivity contribution < 1.29 is 38.8 Å². The molecule has 1 saturated heterocycles. The molecule has 15 heteroatoms. The zero-order chi connectivity index (χ0) is 32.6. The van der Waals surface area contributed by atoms with Crippen molar-refractivity contribution in [1.82, 2.24) is 37.4 Å². The van der Waals surface area contributed by atoms with Crippen LogP contribution in [0.1, 0.15) is 70.9 Å². The van der Waals surface area contributed by atoms with Gasteiger partial charge in [-0.2, -0.15) is 0 Å². The Hall–Kier alpha value is -4.53. The van der Waals surface area contributed by atoms with Gasteiger partial charge in [-0.15, -0.1) is 0 Å². The maximum Gasteiger partial charge on any atom is 0.247 e. The molecule has 0 radical (unpaired) electrons. The number of hydrogen-bond acceptors (Lipinski definition) is 8. The summed E-state index contributed by atoms with van der Waals surface area (Å²) in [4.78, 5) is 90.2. The van der Waals surface area contributed by atoms with Crippen LogP contribution < -0.4 is 37.4 Å². The fourth-order valence-corrected chi connectivity index (χ4v) is 4.44. The average Bonchev–Trinajstić information content (AvgIpc) is 3.00. The maximum atomic E-state index is 13.4. The van der Waals surface area contributed by atoms with Gasteiger partial charge in [-0.05, 0) is 24.3 Å². The zero-order valence-electron chi connectivity index (χ0n) is 25.2. The first-order chi connectivity index (χ1) is 21.0. The van der Waals surface area contributed by atoms with Crippen molar-refractivity contribution in [3.63, 3.8) is 0 Å². The molecule has 15 nitrogen and oxygen atoms in total. The molecule has 0 aliphatic carbocycles. The number of nitrogens with one attached hydrogen (secondary N) is 7. The van der Waals surface area contributed by atoms with Gasteiger partial charge in [0.15, 0.2) is 0 Å². The lowest BCUT2D eigenvalue weighted by Crippen LogP contribution is -2.59. The second-order valence-electron chi connectivity index (χ2n) is 10.8. The van der Waals surface area contributed by atoms with Gasteiger partial charge in [0.1, 0.15) is 24.2 Å². The topological polar surface area (TPSA) is 224 Å². The largest absolute Gasteiger partial charge is 0.354 e. The minimum absolute atomic E-state index is 0.00155. The Labute approximate surface area is 256 Å². The molecule has 1 fully saturated rings. The highest BCUT2D eigenvalue weighted by Crippen LogP contribution is 2.14. The highest BCUT2D eigenvalue weighted by atomic mass is 16.5. The Morgan fingerprint density at radius 1 is 0.909 bits per heavy atom. The molecule has 1 aromatic rings. The Morgan fingerprint density at radius 3 is 2.25 bits per heavy atom. The molecule has 4 atom stereocenters. The third-order valence-electron chi connectivity index (χ3n) is 6.90. The molecular weight excluding hydrogens is 574 g/mol. The molecule has 8 N–H and O–H groups in total. The summed E-state index contributed by atoms with van der Waals surface area (Å²) in [6.07, 6.45) is 1.15. The van der Waals surface area contributed by atoms with Crippen LogP contribution >= 0.6 is 0 Å². The molecule has 0 bridgehead atoms. The van der Waals surface area contributed by atoms with Crippen molar-refractivity contribution in [1.29, 1.82) is 0 Å². The van der Waals surface area contributed by atoms with Crippen molar-refractivity contribution in [2.75, 3.05) is 13.1 Å². The van der Waals surface area contributed by atoms with E-state index < -0.39 is 84.4 Å². The van der Waals surface area contributed by atoms with E-state index in [4.69, 9.17) is 5.21 Å². The first-order valence-electron chi connectivity index (χ1n) is 14.7. The number of rotatable bonds is 10. The van der Waals surface area contributed by atoms with Crippen molar-refractivity contribution in [2.24, 2.45) is 5.92 Å². The quantitative estimate of drug-likeness (QED) is 0.0928. The molecule has 242 valence electrons. The fraction of sp³-hybridized carbons (Fsp3) is 0.552. The Balaban J connectivity index is 2.41. The van der Waals surface area contributed by atoms with Gasteiger partial charge < -0.3 is 31.9 Å². The second-order valence-corrected chi connectivity index (χ2v) is 10.8. The lowest BCUT2D eigenvalue weighted by Gasteiger charge is -2.28. The average molecular weight is 618 g/mol. The van der Waals surface area contributed by atoms with Crippen LogP contribution in [0.4, 0.5) is 0 Å². The summed E-state index contributed by atoms with van der Waals surface area (Å²) < 4.78 is 0. The molecule has 7 amide bonds. The molecule has 1 heterocycles. The van der Waals surface area contributed by atoms with Crippen LogP contribution in [-0.4, -0.2) is 77.8 Å². The van der Waals surface area contributed by atoms with Crippen LogP contribution in [0, 0.1) is 5.92 Å². The predicted molar refractivity (Wildman–Crippen MR) is 157 cm³/mol. The number of carbonyl (C=O) groups is 7. The first kappa shape index (κ1) is 35.7. The van der Waals surface area contributed by atoms with Gasteiger partial charge in [0.05, 0.1) is 13.0 Å². The highest BCUT2D eigenvalue weighted by Gasteiger charge is 2.33. The minimum Gasteiger partial charge on any atom is -0.354 e. The van der Waals surface area contributed by atoms with E-state index in [9.17, 15) is 33.6 Å². The maximum absolute atomic E-state index is 13.4. The summed E-state index contributed by atoms with van der Waals surface area (Å²) in [5.74, 6) is -5.24. The van der Waals surface area contributed by atoms with E-state index in [1.807, 2.05) is 6.92 Å². The van der Waals surface area contributed by atoms with Gasteiger partial charge in [0, 0.05) is 13.0 Å². The molecule has 1 aromatic carbocycles. The molecule has 0 saturated carbocycles. The van der Waals surface area contributed by atoms with E-state index in [2.05, 4.69) is 31.9 Å². The summed E-state index contributed by atoms with van der Waals surface area (Å²) in [6, 6.07) is 3.53. The zero-order valence-corrected chi connectivity index (χ0v) is 25.2. The third kappa shape index (κ3) is 11.6. The summed E-state index contributed by atoms with van der Waals surface area (Å²) in [5, 5.41) is 24.1. The molecular formula is C29H43N7O8. The lowest BCUT2D eigenvalue weighted by molar-refractivity contribution is -0.136. The van der Waals surface area contributed by atoms with Crippen LogP contribution in [0.3, 0.4) is 0 Å². The number of unbranched alkanes of at least 4 members (excludes halogenated alkanes) is 1. The van der Waals surface area contributed by atoms with E-state index in [0.717, 1.165) is 6.42 Å². The highest BCUT2D eigenvalue weighted by molar-refractivity contribution is 5.98. The van der Waals surface area contributed by atoms with E-state index in [0.29, 0.717) is 12.0 Å². The van der Waals surface area contributed by atoms with Gasteiger partial charge in [0.2, 0.25) is 41.4 Å². The molecule has 2 rings (SSSR count). The molecule has 4 unspecified atom stereocenters. The smallest absolute Gasteiger partial charge is 0.247 e. The van der Waals surface area contributed by atoms with Crippen molar-refractivity contribution in [2.45, 2.75) is 83.5 Å². The number of hydrogen-bond donors (Lipinski definition) is 8. The van der Waals surface area contributed by atoms with Gasteiger partial charge >= 0.3 is 0 Å². The van der Waals surface area contributed by atoms with Gasteiger partial charge in [-0.25, -0.2) is 5.48 Å². The molecule has 1 aliphatic heterocycles. The minimum atomic E-state index is -1.41. The van der Waals surface area contributed by atoms with E-state index >= 15 is 0 Å². The monoisotopic (exact) mass is 617 g/mol. The molecule has 1 aliphatic rings. The van der Waals surface area contributed by atoms with Crippen LogP contribution in [0.2, 0.25) is 0 Å². The normalized spacial score (nSPS) is 22.2. The van der Waals surface area contributed by atoms with Crippen molar-refractivity contribution >= 4 is 41.4 Å². The molecule has 0 aromatic heterocycles. The van der Waals surface area contributed by atoms with Crippen LogP contribution in [0.15, 0.2) is 30.3 Å². The van der Waals surface area contributed by atoms with Crippen LogP contribution in [0.25, 0.3) is 0 Å². The fourth-order valence-electron chi connectivity index (χ4n) is 4.44. The van der Waals surface area contributed by atoms with E-state index in [1.54, 1.807) is 44.2 Å². The number of hydroxylamine groups is 1. The standard InChI is InChI=1S/C29H43N7O8/c1-4-5-12-19-27(41)35-24(17(2)3)29(43)33-20(26(40)30-14-9-13-21(37)36-44)15-22(38)34-25(18-10-7-6-8-11-18)28(42)31-16-23(39)32-19/h6-8,10-11,17,19-20,24-25,44H,4-5,9,12-16H2,1-3H3,(H,30,40)(H,31,42)(H,32,39)(H,33,43)(H,34,38)(H,35,41)(H,36,37). The predicted octanol–water partition coefficient (Wildman–Crippen LogP) is -0.934. The Kier molecular flexibility index (Phi) is 14.8. The van der Waals surface area contributed by atoms with Gasteiger partial charge in [-0.3, -0.25) is 38.8 Å². The van der Waals surface area contributed by atoms with Crippen molar-refractivity contribution in [3.05, 3.63) is 35.9 Å². The van der Waals surface area contributed by atoms with Gasteiger partial charge in [-0.1, -0.05) is 63.9 Å². The SMILES string of the molecule is CCCCC1NC(=O)CNC(=O)C(c2ccccc2)NC(=O)CC(C(=O)NCCCC(=O)NO)NC(=O)C(C(C)C)NC1=O. The number of carbonyl (C=O) groups excluding carboxylic acids is 7.